The van der Waals surface area contributed by atoms with E-state index in [1.807, 2.05) is 0 Å². The number of aromatic amines is 1. The average molecular weight is 317 g/mol. The SMILES string of the molecule is CN(C[C@H]1CCCCO1)C(=O)c1cn[nH]c1-c1cccc(F)c1. The van der Waals surface area contributed by atoms with Gasteiger partial charge >= 0.3 is 0 Å². The summed E-state index contributed by atoms with van der Waals surface area (Å²) in [5.74, 6) is -0.494. The van der Waals surface area contributed by atoms with Gasteiger partial charge in [0.2, 0.25) is 0 Å². The molecule has 1 aromatic carbocycles. The molecule has 1 N–H and O–H groups in total. The maximum atomic E-state index is 13.4. The van der Waals surface area contributed by atoms with E-state index in [2.05, 4.69) is 10.2 Å². The second kappa shape index (κ2) is 6.91. The second-order valence-electron chi connectivity index (χ2n) is 5.84. The summed E-state index contributed by atoms with van der Waals surface area (Å²) in [4.78, 5) is 14.3. The van der Waals surface area contributed by atoms with Crippen molar-refractivity contribution in [2.75, 3.05) is 20.2 Å². The number of nitrogens with one attached hydrogen (secondary N) is 1. The Balaban J connectivity index is 1.76. The third-order valence-electron chi connectivity index (χ3n) is 4.08. The van der Waals surface area contributed by atoms with Crippen LogP contribution in [0.15, 0.2) is 30.5 Å². The molecule has 5 nitrogen and oxygen atoms in total. The third-order valence-corrected chi connectivity index (χ3v) is 4.08. The number of hydrogen-bond acceptors (Lipinski definition) is 3. The molecule has 122 valence electrons. The van der Waals surface area contributed by atoms with Crippen molar-refractivity contribution in [2.24, 2.45) is 0 Å². The molecule has 3 rings (SSSR count). The predicted octanol–water partition coefficient (Wildman–Crippen LogP) is 2.86. The van der Waals surface area contributed by atoms with Gasteiger partial charge in [0.05, 0.1) is 23.6 Å². The Morgan fingerprint density at radius 1 is 1.48 bits per heavy atom. The second-order valence-corrected chi connectivity index (χ2v) is 5.84. The number of H-pyrrole nitrogens is 1. The molecule has 1 saturated heterocycles. The van der Waals surface area contributed by atoms with Gasteiger partial charge in [0, 0.05) is 25.8 Å². The Labute approximate surface area is 134 Å². The number of likely N-dealkylation sites (N-methyl/N-ethyl adjacent to an activating group) is 1. The molecule has 6 heteroatoms. The van der Waals surface area contributed by atoms with Crippen molar-refractivity contribution in [1.29, 1.82) is 0 Å². The summed E-state index contributed by atoms with van der Waals surface area (Å²) in [6, 6.07) is 6.11. The van der Waals surface area contributed by atoms with E-state index >= 15 is 0 Å². The van der Waals surface area contributed by atoms with Crippen molar-refractivity contribution in [3.05, 3.63) is 41.8 Å². The molecule has 0 bridgehead atoms. The van der Waals surface area contributed by atoms with Crippen LogP contribution in [0.5, 0.6) is 0 Å². The Hall–Kier alpha value is -2.21. The van der Waals surface area contributed by atoms with Crippen molar-refractivity contribution in [3.8, 4) is 11.3 Å². The van der Waals surface area contributed by atoms with Gasteiger partial charge in [0.15, 0.2) is 0 Å². The van der Waals surface area contributed by atoms with Crippen molar-refractivity contribution >= 4 is 5.91 Å². The van der Waals surface area contributed by atoms with Gasteiger partial charge in [-0.05, 0) is 31.4 Å². The number of nitrogens with zero attached hydrogens (tertiary/aromatic N) is 2. The minimum absolute atomic E-state index is 0.0854. The fraction of sp³-hybridized carbons (Fsp3) is 0.412. The molecule has 1 aromatic heterocycles. The average Bonchev–Trinajstić information content (AvgIpc) is 3.04. The largest absolute Gasteiger partial charge is 0.376 e. The summed E-state index contributed by atoms with van der Waals surface area (Å²) in [7, 11) is 1.75. The Morgan fingerprint density at radius 3 is 3.09 bits per heavy atom. The number of halogens is 1. The lowest BCUT2D eigenvalue weighted by Gasteiger charge is -2.27. The van der Waals surface area contributed by atoms with Crippen molar-refractivity contribution in [3.63, 3.8) is 0 Å². The molecule has 0 aliphatic carbocycles. The highest BCUT2D eigenvalue weighted by atomic mass is 19.1. The fourth-order valence-electron chi connectivity index (χ4n) is 2.86. The molecule has 23 heavy (non-hydrogen) atoms. The van der Waals surface area contributed by atoms with Crippen molar-refractivity contribution in [2.45, 2.75) is 25.4 Å². The molecule has 1 aliphatic rings. The summed E-state index contributed by atoms with van der Waals surface area (Å²) in [6.07, 6.45) is 4.76. The number of hydrogen-bond donors (Lipinski definition) is 1. The first-order chi connectivity index (χ1) is 11.1. The molecule has 0 unspecified atom stereocenters. The lowest BCUT2D eigenvalue weighted by atomic mass is 10.1. The van der Waals surface area contributed by atoms with E-state index in [9.17, 15) is 9.18 Å². The van der Waals surface area contributed by atoms with Gasteiger partial charge in [-0.1, -0.05) is 12.1 Å². The first kappa shape index (κ1) is 15.7. The quantitative estimate of drug-likeness (QED) is 0.943. The van der Waals surface area contributed by atoms with Crippen LogP contribution in [0.3, 0.4) is 0 Å². The molecule has 0 radical (unpaired) electrons. The Kier molecular flexibility index (Phi) is 4.71. The standard InChI is InChI=1S/C17H20FN3O2/c1-21(11-14-7-2-3-8-23-14)17(22)15-10-19-20-16(15)12-5-4-6-13(18)9-12/h4-6,9-10,14H,2-3,7-8,11H2,1H3,(H,19,20)/t14-/m1/s1. The molecule has 1 amide bonds. The van der Waals surface area contributed by atoms with Crippen LogP contribution >= 0.6 is 0 Å². The van der Waals surface area contributed by atoms with E-state index < -0.39 is 0 Å². The lowest BCUT2D eigenvalue weighted by Crippen LogP contribution is -2.37. The highest BCUT2D eigenvalue weighted by molar-refractivity contribution is 5.99. The highest BCUT2D eigenvalue weighted by Gasteiger charge is 2.23. The van der Waals surface area contributed by atoms with E-state index in [0.717, 1.165) is 25.9 Å². The zero-order valence-electron chi connectivity index (χ0n) is 13.1. The Morgan fingerprint density at radius 2 is 2.35 bits per heavy atom. The summed E-state index contributed by atoms with van der Waals surface area (Å²) >= 11 is 0. The van der Waals surface area contributed by atoms with E-state index in [1.54, 1.807) is 24.1 Å². The monoisotopic (exact) mass is 317 g/mol. The van der Waals surface area contributed by atoms with Crippen LogP contribution in [0.4, 0.5) is 4.39 Å². The van der Waals surface area contributed by atoms with Crippen LogP contribution in [0.25, 0.3) is 11.3 Å². The van der Waals surface area contributed by atoms with Crippen LogP contribution in [-0.2, 0) is 4.74 Å². The van der Waals surface area contributed by atoms with Crippen LogP contribution in [0, 0.1) is 5.82 Å². The summed E-state index contributed by atoms with van der Waals surface area (Å²) in [5.41, 5.74) is 1.58. The van der Waals surface area contributed by atoms with Gasteiger partial charge in [-0.3, -0.25) is 9.89 Å². The van der Waals surface area contributed by atoms with Gasteiger partial charge in [0.1, 0.15) is 5.82 Å². The predicted molar refractivity (Wildman–Crippen MR) is 84.5 cm³/mol. The maximum Gasteiger partial charge on any atom is 0.257 e. The van der Waals surface area contributed by atoms with Crippen LogP contribution < -0.4 is 0 Å². The van der Waals surface area contributed by atoms with E-state index in [0.29, 0.717) is 23.4 Å². The summed E-state index contributed by atoms with van der Waals surface area (Å²) in [5, 5.41) is 6.75. The molecule has 1 aliphatic heterocycles. The highest BCUT2D eigenvalue weighted by Crippen LogP contribution is 2.23. The molecule has 1 fully saturated rings. The molecule has 2 aromatic rings. The van der Waals surface area contributed by atoms with E-state index in [-0.39, 0.29) is 17.8 Å². The maximum absolute atomic E-state index is 13.4. The smallest absolute Gasteiger partial charge is 0.257 e. The number of carbonyl (C=O) groups is 1. The van der Waals surface area contributed by atoms with Gasteiger partial charge in [0.25, 0.3) is 5.91 Å². The molecule has 1 atom stereocenters. The molecule has 0 spiro atoms. The van der Waals surface area contributed by atoms with Crippen molar-refractivity contribution < 1.29 is 13.9 Å². The fourth-order valence-corrected chi connectivity index (χ4v) is 2.86. The van der Waals surface area contributed by atoms with Crippen molar-refractivity contribution in [1.82, 2.24) is 15.1 Å². The minimum atomic E-state index is -0.348. The summed E-state index contributed by atoms with van der Waals surface area (Å²) in [6.45, 7) is 1.31. The minimum Gasteiger partial charge on any atom is -0.376 e. The number of rotatable bonds is 4. The zero-order chi connectivity index (χ0) is 16.2. The van der Waals surface area contributed by atoms with Gasteiger partial charge in [-0.25, -0.2) is 4.39 Å². The number of ether oxygens (including phenoxy) is 1. The first-order valence-electron chi connectivity index (χ1n) is 7.81. The summed E-state index contributed by atoms with van der Waals surface area (Å²) < 4.78 is 19.1. The molecule has 0 saturated carbocycles. The third kappa shape index (κ3) is 3.59. The number of aromatic nitrogens is 2. The number of benzene rings is 1. The molecular formula is C17H20FN3O2. The molecule has 2 heterocycles. The number of amides is 1. The topological polar surface area (TPSA) is 58.2 Å². The van der Waals surface area contributed by atoms with E-state index in [1.165, 1.54) is 18.3 Å². The molecular weight excluding hydrogens is 297 g/mol. The lowest BCUT2D eigenvalue weighted by molar-refractivity contribution is -0.000173. The van der Waals surface area contributed by atoms with Gasteiger partial charge in [-0.2, -0.15) is 5.10 Å². The van der Waals surface area contributed by atoms with Crippen LogP contribution in [0.2, 0.25) is 0 Å². The van der Waals surface area contributed by atoms with Crippen LogP contribution in [-0.4, -0.2) is 47.3 Å². The van der Waals surface area contributed by atoms with E-state index in [4.69, 9.17) is 4.74 Å². The van der Waals surface area contributed by atoms with Crippen LogP contribution in [0.1, 0.15) is 29.6 Å². The first-order valence-corrected chi connectivity index (χ1v) is 7.81. The number of carbonyl (C=O) groups excluding carboxylic acids is 1. The van der Waals surface area contributed by atoms with Gasteiger partial charge in [-0.15, -0.1) is 0 Å². The Bertz CT molecular complexity index is 680. The zero-order valence-corrected chi connectivity index (χ0v) is 13.1. The normalized spacial score (nSPS) is 17.9. The van der Waals surface area contributed by atoms with Gasteiger partial charge < -0.3 is 9.64 Å².